The summed E-state index contributed by atoms with van der Waals surface area (Å²) in [5, 5.41) is 13.6. The van der Waals surface area contributed by atoms with Crippen LogP contribution in [0.5, 0.6) is 6.01 Å². The molecule has 2 amide bonds. The van der Waals surface area contributed by atoms with Crippen molar-refractivity contribution in [3.8, 4) is 23.2 Å². The average molecular weight is 895 g/mol. The molecule has 0 radical (unpaired) electrons. The van der Waals surface area contributed by atoms with E-state index in [2.05, 4.69) is 56.7 Å². The number of fused-ring (bicyclic) bond motifs is 3. The molecular weight excluding hydrogens is 844 g/mol. The molecule has 1 atom stereocenters. The Balaban J connectivity index is 0.811. The number of piperidine rings is 1. The average Bonchev–Trinajstić information content (AvgIpc) is 3.77. The van der Waals surface area contributed by atoms with Gasteiger partial charge in [-0.2, -0.15) is 15.2 Å². The van der Waals surface area contributed by atoms with Crippen LogP contribution in [0.1, 0.15) is 62.0 Å². The Hall–Kier alpha value is -6.92. The number of rotatable bonds is 10. The molecule has 65 heavy (non-hydrogen) atoms. The quantitative estimate of drug-likeness (QED) is 0.134. The molecule has 0 aliphatic carbocycles. The first-order valence-electron chi connectivity index (χ1n) is 22.1. The number of nitriles is 1. The van der Waals surface area contributed by atoms with E-state index in [9.17, 15) is 19.6 Å². The van der Waals surface area contributed by atoms with Crippen molar-refractivity contribution in [2.24, 2.45) is 0 Å². The lowest BCUT2D eigenvalue weighted by Crippen LogP contribution is -2.56. The predicted octanol–water partition coefficient (Wildman–Crippen LogP) is 7.64. The topological polar surface area (TPSA) is 166 Å². The third kappa shape index (κ3) is 8.58. The van der Waals surface area contributed by atoms with E-state index < -0.39 is 12.1 Å². The number of hydrogen-bond donors (Lipinski definition) is 1. The number of amides is 2. The van der Waals surface area contributed by atoms with Gasteiger partial charge in [-0.05, 0) is 80.0 Å². The largest absolute Gasteiger partial charge is 0.467 e. The molecule has 0 saturated carbocycles. The third-order valence-electron chi connectivity index (χ3n) is 13.0. The normalized spacial score (nSPS) is 16.8. The minimum Gasteiger partial charge on any atom is -0.467 e. The number of hydrogen-bond acceptors (Lipinski definition) is 11. The third-order valence-corrected chi connectivity index (χ3v) is 13.3. The van der Waals surface area contributed by atoms with Gasteiger partial charge in [-0.1, -0.05) is 42.4 Å². The zero-order valence-corrected chi connectivity index (χ0v) is 37.6. The molecular formula is C49H51ClN10O5. The molecule has 4 aromatic heterocycles. The van der Waals surface area contributed by atoms with Crippen LogP contribution < -0.4 is 20.1 Å². The summed E-state index contributed by atoms with van der Waals surface area (Å²) in [5.74, 6) is 0.570. The van der Waals surface area contributed by atoms with Crippen LogP contribution in [-0.2, 0) is 22.5 Å². The second-order valence-electron chi connectivity index (χ2n) is 17.2. The Bertz CT molecular complexity index is 2910. The maximum absolute atomic E-state index is 13.9. The number of nitrogens with zero attached hydrogens (tertiary/aromatic N) is 9. The Labute approximate surface area is 381 Å². The van der Waals surface area contributed by atoms with Crippen molar-refractivity contribution in [1.29, 1.82) is 5.26 Å². The summed E-state index contributed by atoms with van der Waals surface area (Å²) in [7, 11) is 1.55. The number of carbonyl (C=O) groups is 2. The Morgan fingerprint density at radius 3 is 2.58 bits per heavy atom. The van der Waals surface area contributed by atoms with Crippen molar-refractivity contribution in [1.82, 2.24) is 34.3 Å². The van der Waals surface area contributed by atoms with Gasteiger partial charge >= 0.3 is 12.1 Å². The van der Waals surface area contributed by atoms with Gasteiger partial charge in [0, 0.05) is 103 Å². The second kappa shape index (κ2) is 18.3. The smallest absolute Gasteiger partial charge is 0.410 e. The predicted molar refractivity (Wildman–Crippen MR) is 250 cm³/mol. The molecule has 2 fully saturated rings. The van der Waals surface area contributed by atoms with Crippen LogP contribution in [0, 0.1) is 11.3 Å². The van der Waals surface area contributed by atoms with Crippen LogP contribution in [0.3, 0.4) is 0 Å². The van der Waals surface area contributed by atoms with E-state index in [1.807, 2.05) is 50.4 Å². The number of anilines is 2. The van der Waals surface area contributed by atoms with Crippen molar-refractivity contribution >= 4 is 56.9 Å². The van der Waals surface area contributed by atoms with Gasteiger partial charge in [0.15, 0.2) is 0 Å². The fourth-order valence-corrected chi connectivity index (χ4v) is 9.82. The van der Waals surface area contributed by atoms with Gasteiger partial charge in [0.2, 0.25) is 0 Å². The van der Waals surface area contributed by atoms with Crippen LogP contribution in [0.25, 0.3) is 32.9 Å². The second-order valence-corrected chi connectivity index (χ2v) is 17.6. The highest BCUT2D eigenvalue weighted by Gasteiger charge is 2.35. The molecule has 7 heterocycles. The molecule has 1 unspecified atom stereocenters. The number of carbonyl (C=O) groups excluding carboxylic acids is 2. The molecule has 2 aromatic carbocycles. The van der Waals surface area contributed by atoms with Gasteiger partial charge in [-0.15, -0.1) is 0 Å². The Morgan fingerprint density at radius 2 is 1.82 bits per heavy atom. The minimum atomic E-state index is -0.499. The lowest BCUT2D eigenvalue weighted by atomic mass is 9.93. The fraction of sp³-hybridized carbons (Fsp3) is 0.367. The molecule has 1 N–H and O–H groups in total. The maximum atomic E-state index is 13.9. The molecule has 3 aliphatic heterocycles. The van der Waals surface area contributed by atoms with Gasteiger partial charge in [-0.25, -0.2) is 9.78 Å². The zero-order chi connectivity index (χ0) is 45.4. The van der Waals surface area contributed by atoms with Crippen molar-refractivity contribution in [3.05, 3.63) is 118 Å². The number of halogens is 1. The lowest BCUT2D eigenvalue weighted by molar-refractivity contribution is -0.130. The molecule has 334 valence electrons. The van der Waals surface area contributed by atoms with E-state index in [0.29, 0.717) is 63.6 Å². The van der Waals surface area contributed by atoms with Gasteiger partial charge < -0.3 is 38.6 Å². The number of piperazine rings is 1. The summed E-state index contributed by atoms with van der Waals surface area (Å²) in [6, 6.07) is 21.7. The SMILES string of the molecule is C=C(COC(=O)N1CCC(c2cc3c(-c4ccc(=O)n(C(C)C)c4)ccnc3[nH]2)CC1)C(=O)N1CCN(c2nc(OC)nc3c2CCN(c2cccc4cccc(Cl)c24)C3)CC1CC#N. The number of aromatic nitrogens is 5. The number of ether oxygens (including phenoxy) is 2. The summed E-state index contributed by atoms with van der Waals surface area (Å²) < 4.78 is 13.0. The van der Waals surface area contributed by atoms with Crippen LogP contribution in [0.4, 0.5) is 16.3 Å². The number of nitrogens with one attached hydrogen (secondary N) is 1. The van der Waals surface area contributed by atoms with E-state index in [1.54, 1.807) is 33.7 Å². The van der Waals surface area contributed by atoms with Crippen LogP contribution in [0.2, 0.25) is 5.02 Å². The van der Waals surface area contributed by atoms with E-state index in [0.717, 1.165) is 67.9 Å². The highest BCUT2D eigenvalue weighted by molar-refractivity contribution is 6.36. The van der Waals surface area contributed by atoms with E-state index in [4.69, 9.17) is 31.0 Å². The minimum absolute atomic E-state index is 0.0337. The summed E-state index contributed by atoms with van der Waals surface area (Å²) in [6.07, 6.45) is 5.38. The fourth-order valence-electron chi connectivity index (χ4n) is 9.55. The molecule has 6 aromatic rings. The van der Waals surface area contributed by atoms with Gasteiger partial charge in [0.25, 0.3) is 11.5 Å². The maximum Gasteiger partial charge on any atom is 0.410 e. The molecule has 16 heteroatoms. The zero-order valence-electron chi connectivity index (χ0n) is 36.8. The van der Waals surface area contributed by atoms with E-state index in [-0.39, 0.29) is 48.0 Å². The van der Waals surface area contributed by atoms with Gasteiger partial charge in [0.05, 0.1) is 42.9 Å². The lowest BCUT2D eigenvalue weighted by Gasteiger charge is -2.42. The first kappa shape index (κ1) is 43.3. The van der Waals surface area contributed by atoms with Crippen LogP contribution in [-0.4, -0.2) is 105 Å². The highest BCUT2D eigenvalue weighted by Crippen LogP contribution is 2.38. The molecule has 0 spiro atoms. The van der Waals surface area contributed by atoms with E-state index in [1.165, 1.54) is 0 Å². The van der Waals surface area contributed by atoms with Crippen LogP contribution in [0.15, 0.2) is 90.0 Å². The summed E-state index contributed by atoms with van der Waals surface area (Å²) in [5.41, 5.74) is 6.75. The summed E-state index contributed by atoms with van der Waals surface area (Å²) in [4.78, 5) is 65.0. The highest BCUT2D eigenvalue weighted by atomic mass is 35.5. The van der Waals surface area contributed by atoms with Crippen LogP contribution >= 0.6 is 11.6 Å². The van der Waals surface area contributed by atoms with Crippen molar-refractivity contribution in [3.63, 3.8) is 0 Å². The molecule has 3 aliphatic rings. The number of aromatic amines is 1. The molecule has 2 saturated heterocycles. The standard InChI is InChI=1S/C49H51ClN10O5/c1-30(2)60-26-34(11-12-43(60)61)36-14-19-52-45-38(36)25-40(53-45)32-15-20-56(21-16-32)49(63)65-29-31(3)47(62)59-24-23-58(27-35(59)13-18-51)46-37-17-22-57(28-41(37)54-48(55-46)64-4)42-10-6-8-33-7-5-9-39(50)44(33)42/h5-12,14,19,25-26,30,32,35H,3,13,15-17,20-24,27-29H2,1-2,4H3,(H,52,53). The Kier molecular flexibility index (Phi) is 12.2. The molecule has 9 rings (SSSR count). The number of methoxy groups -OCH3 is 1. The monoisotopic (exact) mass is 894 g/mol. The van der Waals surface area contributed by atoms with Crippen molar-refractivity contribution in [2.45, 2.75) is 64.1 Å². The van der Waals surface area contributed by atoms with Crippen molar-refractivity contribution < 1.29 is 19.1 Å². The number of benzene rings is 2. The summed E-state index contributed by atoms with van der Waals surface area (Å²) in [6.45, 7) is 11.1. The first-order chi connectivity index (χ1) is 31.5. The van der Waals surface area contributed by atoms with E-state index >= 15 is 0 Å². The molecule has 15 nitrogen and oxygen atoms in total. The van der Waals surface area contributed by atoms with Crippen molar-refractivity contribution in [2.75, 3.05) is 62.8 Å². The molecule has 0 bridgehead atoms. The summed E-state index contributed by atoms with van der Waals surface area (Å²) >= 11 is 6.70. The van der Waals surface area contributed by atoms with Gasteiger partial charge in [-0.3, -0.25) is 9.59 Å². The van der Waals surface area contributed by atoms with Gasteiger partial charge in [0.1, 0.15) is 18.1 Å². The number of pyridine rings is 2. The number of H-pyrrole nitrogens is 1. The first-order valence-corrected chi connectivity index (χ1v) is 22.5. The number of likely N-dealkylation sites (tertiary alicyclic amines) is 1. The Morgan fingerprint density at radius 1 is 1.02 bits per heavy atom.